The number of anilines is 1. The lowest BCUT2D eigenvalue weighted by molar-refractivity contribution is 0.0942. The number of ether oxygens (including phenoxy) is 2. The van der Waals surface area contributed by atoms with Gasteiger partial charge in [0.2, 0.25) is 5.95 Å². The van der Waals surface area contributed by atoms with Crippen molar-refractivity contribution in [1.82, 2.24) is 14.8 Å². The van der Waals surface area contributed by atoms with Crippen molar-refractivity contribution in [2.24, 2.45) is 0 Å². The van der Waals surface area contributed by atoms with Crippen molar-refractivity contribution in [2.75, 3.05) is 37.8 Å². The number of aromatic nitrogens is 3. The molecule has 0 N–H and O–H groups in total. The van der Waals surface area contributed by atoms with Gasteiger partial charge in [0, 0.05) is 19.7 Å². The van der Waals surface area contributed by atoms with E-state index in [0.29, 0.717) is 0 Å². The molecule has 2 fully saturated rings. The van der Waals surface area contributed by atoms with E-state index >= 15 is 0 Å². The van der Waals surface area contributed by atoms with Gasteiger partial charge in [-0.05, 0) is 24.0 Å². The van der Waals surface area contributed by atoms with Gasteiger partial charge in [0.1, 0.15) is 0 Å². The number of thioether (sulfide) groups is 1. The Morgan fingerprint density at radius 3 is 2.19 bits per heavy atom. The van der Waals surface area contributed by atoms with E-state index in [1.54, 1.807) is 11.8 Å². The molecule has 2 saturated heterocycles. The molecule has 2 aliphatic heterocycles. The zero-order valence-electron chi connectivity index (χ0n) is 17.6. The quantitative estimate of drug-likeness (QED) is 0.518. The topological polar surface area (TPSA) is 52.4 Å². The lowest BCUT2D eigenvalue weighted by Gasteiger charge is -2.28. The van der Waals surface area contributed by atoms with Crippen molar-refractivity contribution in [3.8, 4) is 0 Å². The lowest BCUT2D eigenvalue weighted by atomic mass is 10.0. The van der Waals surface area contributed by atoms with Gasteiger partial charge >= 0.3 is 0 Å². The monoisotopic (exact) mass is 436 g/mol. The number of hydrogen-bond donors (Lipinski definition) is 0. The molecule has 7 heteroatoms. The molecule has 0 amide bonds. The zero-order valence-corrected chi connectivity index (χ0v) is 18.4. The molecular weight excluding hydrogens is 408 g/mol. The largest absolute Gasteiger partial charge is 0.378 e. The van der Waals surface area contributed by atoms with E-state index in [2.05, 4.69) is 80.3 Å². The first-order valence-corrected chi connectivity index (χ1v) is 11.9. The maximum atomic E-state index is 5.97. The Bertz CT molecular complexity index is 915. The SMILES string of the molecule is c1ccc(C(Sc2nnc(N3CCOCC3)n2CC2CCCO2)c2ccccc2)cc1. The molecule has 0 bridgehead atoms. The van der Waals surface area contributed by atoms with Gasteiger partial charge in [0.05, 0.1) is 31.1 Å². The van der Waals surface area contributed by atoms with Crippen LogP contribution in [0.2, 0.25) is 0 Å². The maximum absolute atomic E-state index is 5.97. The van der Waals surface area contributed by atoms with Crippen LogP contribution < -0.4 is 4.90 Å². The zero-order chi connectivity index (χ0) is 20.9. The third-order valence-corrected chi connectivity index (χ3v) is 7.12. The normalized spacial score (nSPS) is 19.3. The predicted octanol–water partition coefficient (Wildman–Crippen LogP) is 4.18. The number of rotatable bonds is 7. The molecule has 3 aromatic rings. The fourth-order valence-corrected chi connectivity index (χ4v) is 5.38. The van der Waals surface area contributed by atoms with Crippen molar-refractivity contribution in [3.63, 3.8) is 0 Å². The molecule has 6 nitrogen and oxygen atoms in total. The van der Waals surface area contributed by atoms with E-state index in [0.717, 1.165) is 63.4 Å². The summed E-state index contributed by atoms with van der Waals surface area (Å²) in [7, 11) is 0. The van der Waals surface area contributed by atoms with Gasteiger partial charge in [0.15, 0.2) is 5.16 Å². The Balaban J connectivity index is 1.49. The second-order valence-corrected chi connectivity index (χ2v) is 9.02. The minimum Gasteiger partial charge on any atom is -0.378 e. The van der Waals surface area contributed by atoms with Crippen LogP contribution in [0.1, 0.15) is 29.2 Å². The Morgan fingerprint density at radius 1 is 0.903 bits per heavy atom. The highest BCUT2D eigenvalue weighted by atomic mass is 32.2. The summed E-state index contributed by atoms with van der Waals surface area (Å²) < 4.78 is 13.8. The Kier molecular flexibility index (Phi) is 6.53. The van der Waals surface area contributed by atoms with E-state index in [4.69, 9.17) is 9.47 Å². The summed E-state index contributed by atoms with van der Waals surface area (Å²) in [5, 5.41) is 10.4. The van der Waals surface area contributed by atoms with Crippen LogP contribution in [0.15, 0.2) is 65.8 Å². The van der Waals surface area contributed by atoms with E-state index in [9.17, 15) is 0 Å². The standard InChI is InChI=1S/C24H28N4O2S/c1-3-8-19(9-4-1)22(20-10-5-2-6-11-20)31-24-26-25-23(27-13-16-29-17-14-27)28(24)18-21-12-7-15-30-21/h1-6,8-11,21-22H,7,12-18H2. The van der Waals surface area contributed by atoms with Crippen molar-refractivity contribution in [3.05, 3.63) is 71.8 Å². The second kappa shape index (κ2) is 9.85. The van der Waals surface area contributed by atoms with Crippen molar-refractivity contribution in [2.45, 2.75) is 35.9 Å². The molecule has 2 aliphatic rings. The van der Waals surface area contributed by atoms with Crippen LogP contribution in [0.5, 0.6) is 0 Å². The predicted molar refractivity (Wildman–Crippen MR) is 123 cm³/mol. The molecule has 1 unspecified atom stereocenters. The third-order valence-electron chi connectivity index (χ3n) is 5.83. The second-order valence-electron chi connectivity index (χ2n) is 7.95. The van der Waals surface area contributed by atoms with E-state index < -0.39 is 0 Å². The smallest absolute Gasteiger partial charge is 0.228 e. The Hall–Kier alpha value is -2.35. The fourth-order valence-electron chi connectivity index (χ4n) is 4.21. The summed E-state index contributed by atoms with van der Waals surface area (Å²) in [6.45, 7) is 4.78. The third kappa shape index (κ3) is 4.79. The summed E-state index contributed by atoms with van der Waals surface area (Å²) in [5.41, 5.74) is 2.52. The highest BCUT2D eigenvalue weighted by Gasteiger charge is 2.27. The molecule has 31 heavy (non-hydrogen) atoms. The van der Waals surface area contributed by atoms with Crippen LogP contribution in [0.25, 0.3) is 0 Å². The van der Waals surface area contributed by atoms with Crippen LogP contribution in [0.4, 0.5) is 5.95 Å². The number of benzene rings is 2. The average molecular weight is 437 g/mol. The molecule has 0 saturated carbocycles. The van der Waals surface area contributed by atoms with Crippen LogP contribution in [-0.4, -0.2) is 53.8 Å². The van der Waals surface area contributed by atoms with Gasteiger partial charge in [-0.2, -0.15) is 0 Å². The minimum atomic E-state index is 0.146. The highest BCUT2D eigenvalue weighted by Crippen LogP contribution is 2.40. The molecule has 162 valence electrons. The Labute approximate surface area is 187 Å². The molecular formula is C24H28N4O2S. The number of hydrogen-bond acceptors (Lipinski definition) is 6. The van der Waals surface area contributed by atoms with Gasteiger partial charge in [-0.1, -0.05) is 72.4 Å². The summed E-state index contributed by atoms with van der Waals surface area (Å²) >= 11 is 1.77. The summed E-state index contributed by atoms with van der Waals surface area (Å²) in [5.74, 6) is 0.932. The molecule has 0 spiro atoms. The van der Waals surface area contributed by atoms with Crippen molar-refractivity contribution >= 4 is 17.7 Å². The van der Waals surface area contributed by atoms with Gasteiger partial charge in [-0.3, -0.25) is 4.57 Å². The van der Waals surface area contributed by atoms with Crippen LogP contribution in [-0.2, 0) is 16.0 Å². The number of morpholine rings is 1. The minimum absolute atomic E-state index is 0.146. The van der Waals surface area contributed by atoms with Gasteiger partial charge in [0.25, 0.3) is 0 Å². The van der Waals surface area contributed by atoms with Crippen molar-refractivity contribution in [1.29, 1.82) is 0 Å². The highest BCUT2D eigenvalue weighted by molar-refractivity contribution is 7.99. The average Bonchev–Trinajstić information content (AvgIpc) is 3.50. The molecule has 2 aromatic carbocycles. The van der Waals surface area contributed by atoms with Gasteiger partial charge in [-0.25, -0.2) is 0 Å². The van der Waals surface area contributed by atoms with E-state index in [1.165, 1.54) is 11.1 Å². The molecule has 1 aromatic heterocycles. The first kappa shape index (κ1) is 20.5. The molecule has 1 atom stereocenters. The first-order valence-electron chi connectivity index (χ1n) is 11.0. The molecule has 3 heterocycles. The van der Waals surface area contributed by atoms with Gasteiger partial charge < -0.3 is 14.4 Å². The Morgan fingerprint density at radius 2 is 1.58 bits per heavy atom. The molecule has 5 rings (SSSR count). The fraction of sp³-hybridized carbons (Fsp3) is 0.417. The van der Waals surface area contributed by atoms with Crippen LogP contribution >= 0.6 is 11.8 Å². The molecule has 0 aliphatic carbocycles. The van der Waals surface area contributed by atoms with Crippen LogP contribution in [0, 0.1) is 0 Å². The summed E-state index contributed by atoms with van der Waals surface area (Å²) in [6, 6.07) is 21.3. The van der Waals surface area contributed by atoms with Crippen molar-refractivity contribution < 1.29 is 9.47 Å². The first-order chi connectivity index (χ1) is 15.4. The maximum Gasteiger partial charge on any atom is 0.228 e. The van der Waals surface area contributed by atoms with E-state index in [-0.39, 0.29) is 11.4 Å². The summed E-state index contributed by atoms with van der Waals surface area (Å²) in [6.07, 6.45) is 2.44. The summed E-state index contributed by atoms with van der Waals surface area (Å²) in [4.78, 5) is 2.29. The van der Waals surface area contributed by atoms with Gasteiger partial charge in [-0.15, -0.1) is 10.2 Å². The van der Waals surface area contributed by atoms with Crippen LogP contribution in [0.3, 0.4) is 0 Å². The molecule has 0 radical (unpaired) electrons. The lowest BCUT2D eigenvalue weighted by Crippen LogP contribution is -2.38. The number of nitrogens with zero attached hydrogens (tertiary/aromatic N) is 4. The van der Waals surface area contributed by atoms with E-state index in [1.807, 2.05) is 0 Å².